The summed E-state index contributed by atoms with van der Waals surface area (Å²) >= 11 is 9.03. The molecule has 1 aromatic rings. The van der Waals surface area contributed by atoms with Crippen LogP contribution in [0.15, 0.2) is 21.6 Å². The Balaban J connectivity index is 2.83. The van der Waals surface area contributed by atoms with Gasteiger partial charge in [-0.3, -0.25) is 0 Å². The first-order valence-electron chi connectivity index (χ1n) is 5.97. The third kappa shape index (κ3) is 5.29. The molecule has 0 amide bonds. The SMILES string of the molecule is COCCC(C)(C)CNS(=O)(=O)c1cc(Br)cnc1Cl. The van der Waals surface area contributed by atoms with E-state index in [1.165, 1.54) is 12.3 Å². The molecule has 8 heteroatoms. The molecule has 0 fully saturated rings. The fraction of sp³-hybridized carbons (Fsp3) is 0.583. The molecule has 0 aliphatic carbocycles. The van der Waals surface area contributed by atoms with Crippen LogP contribution < -0.4 is 4.72 Å². The number of aromatic nitrogens is 1. The number of nitrogens with zero attached hydrogens (tertiary/aromatic N) is 1. The smallest absolute Gasteiger partial charge is 0.243 e. The Hall–Kier alpha value is -0.210. The lowest BCUT2D eigenvalue weighted by Gasteiger charge is -2.24. The molecule has 114 valence electrons. The van der Waals surface area contributed by atoms with Crippen LogP contribution in [0, 0.1) is 5.41 Å². The van der Waals surface area contributed by atoms with Crippen LogP contribution in [-0.2, 0) is 14.8 Å². The second kappa shape index (κ2) is 7.17. The first-order valence-corrected chi connectivity index (χ1v) is 8.63. The zero-order chi connectivity index (χ0) is 15.4. The van der Waals surface area contributed by atoms with Crippen molar-refractivity contribution in [3.63, 3.8) is 0 Å². The summed E-state index contributed by atoms with van der Waals surface area (Å²) in [4.78, 5) is 3.79. The number of methoxy groups -OCH3 is 1. The molecule has 5 nitrogen and oxygen atoms in total. The molecule has 0 saturated carbocycles. The molecule has 1 heterocycles. The third-order valence-corrected chi connectivity index (χ3v) is 5.05. The van der Waals surface area contributed by atoms with Crippen LogP contribution in [0.1, 0.15) is 20.3 Å². The second-order valence-corrected chi connectivity index (χ2v) is 8.18. The Labute approximate surface area is 133 Å². The van der Waals surface area contributed by atoms with Gasteiger partial charge in [0.05, 0.1) is 0 Å². The third-order valence-electron chi connectivity index (χ3n) is 2.79. The first kappa shape index (κ1) is 17.8. The van der Waals surface area contributed by atoms with E-state index in [9.17, 15) is 8.42 Å². The van der Waals surface area contributed by atoms with E-state index in [1.807, 2.05) is 13.8 Å². The summed E-state index contributed by atoms with van der Waals surface area (Å²) < 4.78 is 32.6. The van der Waals surface area contributed by atoms with Gasteiger partial charge in [0.25, 0.3) is 0 Å². The lowest BCUT2D eigenvalue weighted by Crippen LogP contribution is -2.34. The molecule has 0 atom stereocenters. The van der Waals surface area contributed by atoms with Crippen molar-refractivity contribution in [1.29, 1.82) is 0 Å². The van der Waals surface area contributed by atoms with Crippen molar-refractivity contribution in [2.75, 3.05) is 20.3 Å². The van der Waals surface area contributed by atoms with Gasteiger partial charge >= 0.3 is 0 Å². The average Bonchev–Trinajstić information content (AvgIpc) is 2.37. The van der Waals surface area contributed by atoms with Crippen LogP contribution in [0.25, 0.3) is 0 Å². The van der Waals surface area contributed by atoms with Crippen LogP contribution in [0.4, 0.5) is 0 Å². The van der Waals surface area contributed by atoms with Crippen molar-refractivity contribution in [2.24, 2.45) is 5.41 Å². The molecule has 1 rings (SSSR count). The van der Waals surface area contributed by atoms with Gasteiger partial charge in [-0.15, -0.1) is 0 Å². The lowest BCUT2D eigenvalue weighted by atomic mass is 9.90. The molecule has 0 saturated heterocycles. The van der Waals surface area contributed by atoms with Crippen molar-refractivity contribution < 1.29 is 13.2 Å². The van der Waals surface area contributed by atoms with E-state index in [2.05, 4.69) is 25.6 Å². The quantitative estimate of drug-likeness (QED) is 0.733. The molecule has 0 aromatic carbocycles. The summed E-state index contributed by atoms with van der Waals surface area (Å²) in [5.74, 6) is 0. The van der Waals surface area contributed by atoms with E-state index in [-0.39, 0.29) is 15.5 Å². The fourth-order valence-corrected chi connectivity index (χ4v) is 3.61. The van der Waals surface area contributed by atoms with Gasteiger partial charge in [-0.25, -0.2) is 18.1 Å². The van der Waals surface area contributed by atoms with Crippen molar-refractivity contribution in [3.8, 4) is 0 Å². The zero-order valence-corrected chi connectivity index (χ0v) is 14.8. The van der Waals surface area contributed by atoms with Crippen LogP contribution in [-0.4, -0.2) is 33.7 Å². The van der Waals surface area contributed by atoms with Crippen LogP contribution >= 0.6 is 27.5 Å². The van der Waals surface area contributed by atoms with Gasteiger partial charge < -0.3 is 4.74 Å². The van der Waals surface area contributed by atoms with Gasteiger partial charge in [-0.1, -0.05) is 25.4 Å². The highest BCUT2D eigenvalue weighted by molar-refractivity contribution is 9.10. The van der Waals surface area contributed by atoms with Gasteiger partial charge in [-0.2, -0.15) is 0 Å². The van der Waals surface area contributed by atoms with Crippen molar-refractivity contribution >= 4 is 37.6 Å². The van der Waals surface area contributed by atoms with Crippen LogP contribution in [0.2, 0.25) is 5.15 Å². The van der Waals surface area contributed by atoms with Crippen molar-refractivity contribution in [2.45, 2.75) is 25.2 Å². The minimum Gasteiger partial charge on any atom is -0.385 e. The highest BCUT2D eigenvalue weighted by atomic mass is 79.9. The van der Waals surface area contributed by atoms with E-state index in [0.29, 0.717) is 17.6 Å². The van der Waals surface area contributed by atoms with E-state index < -0.39 is 10.0 Å². The number of sulfonamides is 1. The molecule has 1 aromatic heterocycles. The van der Waals surface area contributed by atoms with Gasteiger partial charge in [0.2, 0.25) is 10.0 Å². The molecule has 20 heavy (non-hydrogen) atoms. The predicted molar refractivity (Wildman–Crippen MR) is 82.4 cm³/mol. The fourth-order valence-electron chi connectivity index (χ4n) is 1.43. The molecule has 0 bridgehead atoms. The van der Waals surface area contributed by atoms with Gasteiger partial charge in [0, 0.05) is 30.9 Å². The van der Waals surface area contributed by atoms with Crippen LogP contribution in [0.5, 0.6) is 0 Å². The second-order valence-electron chi connectivity index (χ2n) is 5.17. The zero-order valence-electron chi connectivity index (χ0n) is 11.6. The van der Waals surface area contributed by atoms with E-state index in [1.54, 1.807) is 7.11 Å². The minimum absolute atomic E-state index is 0.0314. The summed E-state index contributed by atoms with van der Waals surface area (Å²) in [6.07, 6.45) is 2.19. The van der Waals surface area contributed by atoms with Gasteiger partial charge in [-0.05, 0) is 33.8 Å². The molecule has 1 N–H and O–H groups in total. The average molecular weight is 386 g/mol. The highest BCUT2D eigenvalue weighted by Crippen LogP contribution is 2.24. The summed E-state index contributed by atoms with van der Waals surface area (Å²) in [7, 11) is -2.07. The standard InChI is InChI=1S/C12H18BrClN2O3S/c1-12(2,4-5-19-3)8-16-20(17,18)10-6-9(13)7-15-11(10)14/h6-7,16H,4-5,8H2,1-3H3. The number of ether oxygens (including phenoxy) is 1. The summed E-state index contributed by atoms with van der Waals surface area (Å²) in [6, 6.07) is 1.43. The topological polar surface area (TPSA) is 68.3 Å². The normalized spacial score (nSPS) is 12.7. The molecular formula is C12H18BrClN2O3S. The van der Waals surface area contributed by atoms with E-state index in [0.717, 1.165) is 6.42 Å². The molecule has 0 aliphatic rings. The Kier molecular flexibility index (Phi) is 6.40. The van der Waals surface area contributed by atoms with E-state index in [4.69, 9.17) is 16.3 Å². The maximum atomic E-state index is 12.2. The Bertz CT molecular complexity index is 564. The predicted octanol–water partition coefficient (Wildman–Crippen LogP) is 2.84. The molecule has 0 spiro atoms. The van der Waals surface area contributed by atoms with Gasteiger partial charge in [0.1, 0.15) is 10.0 Å². The number of hydrogen-bond donors (Lipinski definition) is 1. The summed E-state index contributed by atoms with van der Waals surface area (Å²) in [5, 5.41) is -0.0459. The largest absolute Gasteiger partial charge is 0.385 e. The highest BCUT2D eigenvalue weighted by Gasteiger charge is 2.24. The van der Waals surface area contributed by atoms with Crippen molar-refractivity contribution in [1.82, 2.24) is 9.71 Å². The summed E-state index contributed by atoms with van der Waals surface area (Å²) in [6.45, 7) is 4.81. The lowest BCUT2D eigenvalue weighted by molar-refractivity contribution is 0.153. The van der Waals surface area contributed by atoms with Gasteiger partial charge in [0.15, 0.2) is 0 Å². The molecule has 0 aliphatic heterocycles. The molecule has 0 radical (unpaired) electrons. The van der Waals surface area contributed by atoms with E-state index >= 15 is 0 Å². The van der Waals surface area contributed by atoms with Crippen molar-refractivity contribution in [3.05, 3.63) is 21.9 Å². The molecular weight excluding hydrogens is 368 g/mol. The number of pyridine rings is 1. The van der Waals surface area contributed by atoms with Crippen LogP contribution in [0.3, 0.4) is 0 Å². The Morgan fingerprint density at radius 2 is 2.15 bits per heavy atom. The Morgan fingerprint density at radius 1 is 1.50 bits per heavy atom. The monoisotopic (exact) mass is 384 g/mol. The first-order chi connectivity index (χ1) is 9.18. The number of halogens is 2. The molecule has 0 unspecified atom stereocenters. The maximum Gasteiger partial charge on any atom is 0.243 e. The summed E-state index contributed by atoms with van der Waals surface area (Å²) in [5.41, 5.74) is -0.213. The Morgan fingerprint density at radius 3 is 2.75 bits per heavy atom. The number of nitrogens with one attached hydrogen (secondary N) is 1. The minimum atomic E-state index is -3.69. The number of hydrogen-bond acceptors (Lipinski definition) is 4. The number of rotatable bonds is 7. The maximum absolute atomic E-state index is 12.2.